The second kappa shape index (κ2) is 4.35. The summed E-state index contributed by atoms with van der Waals surface area (Å²) in [5, 5.41) is 4.91. The van der Waals surface area contributed by atoms with Crippen LogP contribution >= 0.6 is 0 Å². The van der Waals surface area contributed by atoms with Gasteiger partial charge in [-0.3, -0.25) is 5.01 Å². The highest BCUT2D eigenvalue weighted by atomic mass is 15.6. The van der Waals surface area contributed by atoms with Crippen molar-refractivity contribution in [1.82, 2.24) is 5.01 Å². The number of hydrazine groups is 1. The molecule has 1 saturated heterocycles. The zero-order valence-corrected chi connectivity index (χ0v) is 12.1. The lowest BCUT2D eigenvalue weighted by molar-refractivity contribution is 0.367. The van der Waals surface area contributed by atoms with Crippen molar-refractivity contribution in [3.8, 4) is 11.1 Å². The van der Waals surface area contributed by atoms with Crippen LogP contribution < -0.4 is 5.01 Å². The topological polar surface area (TPSA) is 6.48 Å². The molecule has 2 aromatic rings. The molecule has 1 unspecified atom stereocenters. The van der Waals surface area contributed by atoms with Crippen LogP contribution in [0.1, 0.15) is 30.5 Å². The third-order valence-electron chi connectivity index (χ3n) is 4.73. The average Bonchev–Trinajstić information content (AvgIpc) is 2.89. The summed E-state index contributed by atoms with van der Waals surface area (Å²) >= 11 is 0. The molecule has 2 aromatic carbocycles. The Hall–Kier alpha value is -1.80. The minimum Gasteiger partial charge on any atom is -0.298 e. The first-order valence-electron chi connectivity index (χ1n) is 7.52. The first-order valence-corrected chi connectivity index (χ1v) is 7.52. The van der Waals surface area contributed by atoms with Crippen molar-refractivity contribution >= 4 is 5.69 Å². The Morgan fingerprint density at radius 2 is 1.85 bits per heavy atom. The Morgan fingerprint density at radius 3 is 2.70 bits per heavy atom. The molecule has 20 heavy (non-hydrogen) atoms. The fourth-order valence-electron chi connectivity index (χ4n) is 3.79. The Kier molecular flexibility index (Phi) is 2.61. The van der Waals surface area contributed by atoms with Gasteiger partial charge in [-0.05, 0) is 29.5 Å². The number of benzene rings is 2. The fraction of sp³-hybridized carbons (Fsp3) is 0.333. The van der Waals surface area contributed by atoms with Gasteiger partial charge in [0.15, 0.2) is 0 Å². The average molecular weight is 264 g/mol. The number of aryl methyl sites for hydroxylation is 1. The minimum atomic E-state index is 0.511. The summed E-state index contributed by atoms with van der Waals surface area (Å²) in [4.78, 5) is 0. The maximum absolute atomic E-state index is 2.52. The van der Waals surface area contributed by atoms with Crippen molar-refractivity contribution in [3.63, 3.8) is 0 Å². The van der Waals surface area contributed by atoms with Gasteiger partial charge in [-0.25, -0.2) is 5.01 Å². The molecule has 0 N–H and O–H groups in total. The van der Waals surface area contributed by atoms with Crippen LogP contribution in [0.3, 0.4) is 0 Å². The standard InChI is InChI=1S/C18H20N2/c1-3-13-7-6-10-16-14-8-4-5-9-15(14)17-11-12-19(2)20(17)18(13)16/h4-10,17H,3,11-12H2,1-2H3. The lowest BCUT2D eigenvalue weighted by atomic mass is 9.87. The van der Waals surface area contributed by atoms with E-state index >= 15 is 0 Å². The second-order valence-electron chi connectivity index (χ2n) is 5.78. The maximum Gasteiger partial charge on any atom is 0.0726 e. The molecular weight excluding hydrogens is 244 g/mol. The molecule has 2 aliphatic heterocycles. The van der Waals surface area contributed by atoms with Gasteiger partial charge < -0.3 is 0 Å². The van der Waals surface area contributed by atoms with Crippen LogP contribution in [0.2, 0.25) is 0 Å². The van der Waals surface area contributed by atoms with Crippen molar-refractivity contribution in [2.75, 3.05) is 18.6 Å². The Bertz CT molecular complexity index is 662. The van der Waals surface area contributed by atoms with Crippen molar-refractivity contribution in [2.24, 2.45) is 0 Å². The van der Waals surface area contributed by atoms with Crippen molar-refractivity contribution in [3.05, 3.63) is 53.6 Å². The SMILES string of the molecule is CCc1cccc2c1N1C(CCN1C)c1ccccc1-2. The normalized spacial score (nSPS) is 20.5. The molecule has 0 aromatic heterocycles. The summed E-state index contributed by atoms with van der Waals surface area (Å²) < 4.78 is 0. The van der Waals surface area contributed by atoms with Gasteiger partial charge in [0.25, 0.3) is 0 Å². The Labute approximate surface area is 120 Å². The van der Waals surface area contributed by atoms with E-state index in [1.54, 1.807) is 0 Å². The third kappa shape index (κ3) is 1.49. The van der Waals surface area contributed by atoms with Crippen LogP contribution in [0.4, 0.5) is 5.69 Å². The minimum absolute atomic E-state index is 0.511. The fourth-order valence-corrected chi connectivity index (χ4v) is 3.79. The molecule has 102 valence electrons. The van der Waals surface area contributed by atoms with Crippen LogP contribution in [0.15, 0.2) is 42.5 Å². The molecule has 0 bridgehead atoms. The number of hydrogen-bond acceptors (Lipinski definition) is 2. The molecule has 0 amide bonds. The summed E-state index contributed by atoms with van der Waals surface area (Å²) in [6, 6.07) is 16.2. The van der Waals surface area contributed by atoms with E-state index in [1.807, 2.05) is 0 Å². The molecule has 0 aliphatic carbocycles. The van der Waals surface area contributed by atoms with Gasteiger partial charge in [-0.15, -0.1) is 0 Å². The van der Waals surface area contributed by atoms with Gasteiger partial charge in [-0.1, -0.05) is 49.4 Å². The second-order valence-corrected chi connectivity index (χ2v) is 5.78. The van der Waals surface area contributed by atoms with Gasteiger partial charge in [0.2, 0.25) is 0 Å². The van der Waals surface area contributed by atoms with Gasteiger partial charge in [-0.2, -0.15) is 0 Å². The molecule has 2 aliphatic rings. The van der Waals surface area contributed by atoms with E-state index in [0.29, 0.717) is 6.04 Å². The molecule has 0 saturated carbocycles. The van der Waals surface area contributed by atoms with Crippen LogP contribution in [0, 0.1) is 0 Å². The molecule has 1 fully saturated rings. The van der Waals surface area contributed by atoms with Crippen molar-refractivity contribution < 1.29 is 0 Å². The first-order chi connectivity index (χ1) is 9.81. The van der Waals surface area contributed by atoms with E-state index in [2.05, 4.69) is 66.5 Å². The van der Waals surface area contributed by atoms with E-state index < -0.39 is 0 Å². The Morgan fingerprint density at radius 1 is 1.05 bits per heavy atom. The molecule has 2 heteroatoms. The smallest absolute Gasteiger partial charge is 0.0726 e. The molecule has 2 nitrogen and oxygen atoms in total. The quantitative estimate of drug-likeness (QED) is 0.767. The number of hydrogen-bond donors (Lipinski definition) is 0. The third-order valence-corrected chi connectivity index (χ3v) is 4.73. The van der Waals surface area contributed by atoms with E-state index in [9.17, 15) is 0 Å². The van der Waals surface area contributed by atoms with Crippen LogP contribution in [0.25, 0.3) is 11.1 Å². The summed E-state index contributed by atoms with van der Waals surface area (Å²) in [6.07, 6.45) is 2.30. The van der Waals surface area contributed by atoms with E-state index in [1.165, 1.54) is 34.4 Å². The summed E-state index contributed by atoms with van der Waals surface area (Å²) in [6.45, 7) is 3.39. The number of anilines is 1. The van der Waals surface area contributed by atoms with Gasteiger partial charge >= 0.3 is 0 Å². The number of nitrogens with zero attached hydrogens (tertiary/aromatic N) is 2. The highest BCUT2D eigenvalue weighted by Crippen LogP contribution is 2.50. The van der Waals surface area contributed by atoms with Gasteiger partial charge in [0.1, 0.15) is 0 Å². The van der Waals surface area contributed by atoms with Crippen molar-refractivity contribution in [2.45, 2.75) is 25.8 Å². The predicted octanol–water partition coefficient (Wildman–Crippen LogP) is 4.03. The van der Waals surface area contributed by atoms with E-state index in [4.69, 9.17) is 0 Å². The van der Waals surface area contributed by atoms with Crippen LogP contribution in [-0.2, 0) is 6.42 Å². The summed E-state index contributed by atoms with van der Waals surface area (Å²) in [5.41, 5.74) is 7.19. The molecule has 2 heterocycles. The Balaban J connectivity index is 2.04. The largest absolute Gasteiger partial charge is 0.298 e. The van der Waals surface area contributed by atoms with E-state index in [0.717, 1.165) is 13.0 Å². The predicted molar refractivity (Wildman–Crippen MR) is 83.7 cm³/mol. The van der Waals surface area contributed by atoms with Gasteiger partial charge in [0.05, 0.1) is 11.7 Å². The zero-order valence-electron chi connectivity index (χ0n) is 12.1. The monoisotopic (exact) mass is 264 g/mol. The highest BCUT2D eigenvalue weighted by Gasteiger charge is 2.38. The van der Waals surface area contributed by atoms with Crippen LogP contribution in [0.5, 0.6) is 0 Å². The molecule has 0 radical (unpaired) electrons. The zero-order chi connectivity index (χ0) is 13.7. The van der Waals surface area contributed by atoms with Gasteiger partial charge in [0, 0.05) is 19.2 Å². The summed E-state index contributed by atoms with van der Waals surface area (Å²) in [5.74, 6) is 0. The molecule has 1 atom stereocenters. The number of para-hydroxylation sites is 1. The lowest BCUT2D eigenvalue weighted by Gasteiger charge is -2.39. The van der Waals surface area contributed by atoms with Crippen LogP contribution in [-0.4, -0.2) is 18.6 Å². The number of rotatable bonds is 1. The lowest BCUT2D eigenvalue weighted by Crippen LogP contribution is -2.37. The molecule has 4 rings (SSSR count). The highest BCUT2D eigenvalue weighted by molar-refractivity contribution is 5.86. The van der Waals surface area contributed by atoms with E-state index in [-0.39, 0.29) is 0 Å². The molecule has 0 spiro atoms. The van der Waals surface area contributed by atoms with Crippen molar-refractivity contribution in [1.29, 1.82) is 0 Å². The summed E-state index contributed by atoms with van der Waals surface area (Å²) in [7, 11) is 2.21. The number of fused-ring (bicyclic) bond motifs is 6. The first kappa shape index (κ1) is 12.0. The maximum atomic E-state index is 2.52. The molecular formula is C18H20N2.